The van der Waals surface area contributed by atoms with Crippen molar-refractivity contribution in [1.29, 1.82) is 0 Å². The maximum atomic E-state index is 13.2. The summed E-state index contributed by atoms with van der Waals surface area (Å²) in [4.78, 5) is 51.0. The van der Waals surface area contributed by atoms with E-state index < -0.39 is 36.0 Å². The van der Waals surface area contributed by atoms with Crippen LogP contribution in [0.15, 0.2) is 72.8 Å². The van der Waals surface area contributed by atoms with Crippen LogP contribution in [0.25, 0.3) is 0 Å². The van der Waals surface area contributed by atoms with Crippen LogP contribution in [0.1, 0.15) is 20.7 Å². The molecule has 192 valence electrons. The zero-order valence-electron chi connectivity index (χ0n) is 19.7. The fraction of sp³-hybridized carbons (Fsp3) is 0.154. The van der Waals surface area contributed by atoms with Crippen LogP contribution < -0.4 is 14.8 Å². The molecule has 0 unspecified atom stereocenters. The van der Waals surface area contributed by atoms with Crippen molar-refractivity contribution >= 4 is 52.1 Å². The first-order valence-corrected chi connectivity index (χ1v) is 11.8. The Bertz CT molecular complexity index is 1310. The molecule has 3 rings (SSSR count). The Labute approximate surface area is 225 Å². The number of amides is 1. The van der Waals surface area contributed by atoms with Crippen molar-refractivity contribution in [2.75, 3.05) is 19.5 Å². The first-order chi connectivity index (χ1) is 17.7. The number of hydrogen-bond donors (Lipinski definition) is 2. The van der Waals surface area contributed by atoms with Gasteiger partial charge in [0, 0.05) is 9.26 Å². The van der Waals surface area contributed by atoms with Crippen LogP contribution in [0.4, 0.5) is 5.69 Å². The first-order valence-electron chi connectivity index (χ1n) is 10.7. The fourth-order valence-electron chi connectivity index (χ4n) is 3.14. The topological polar surface area (TPSA) is 137 Å². The second kappa shape index (κ2) is 12.7. The van der Waals surface area contributed by atoms with Gasteiger partial charge in [-0.3, -0.25) is 4.79 Å². The Morgan fingerprint density at radius 2 is 1.27 bits per heavy atom. The molecule has 10 nitrogen and oxygen atoms in total. The van der Waals surface area contributed by atoms with Crippen LogP contribution >= 0.6 is 22.6 Å². The van der Waals surface area contributed by atoms with E-state index in [1.807, 2.05) is 22.6 Å². The Hall–Kier alpha value is -4.13. The molecule has 37 heavy (non-hydrogen) atoms. The number of aliphatic carboxylic acids is 1. The molecule has 0 aliphatic rings. The lowest BCUT2D eigenvalue weighted by molar-refractivity contribution is -0.157. The van der Waals surface area contributed by atoms with E-state index in [9.17, 15) is 24.3 Å². The molecule has 0 saturated heterocycles. The third-order valence-corrected chi connectivity index (χ3v) is 5.62. The SMILES string of the molecule is COc1cccc(C(=O)O[C@@H](C(=O)O)[C@@H](OC(=O)c2cccc(OC)c2)C(=O)Nc2cccc(I)c2)c1. The molecule has 0 spiro atoms. The minimum Gasteiger partial charge on any atom is -0.497 e. The molecule has 3 aromatic carbocycles. The van der Waals surface area contributed by atoms with Crippen molar-refractivity contribution in [2.45, 2.75) is 12.2 Å². The maximum Gasteiger partial charge on any atom is 0.349 e. The molecule has 11 heteroatoms. The summed E-state index contributed by atoms with van der Waals surface area (Å²) < 4.78 is 21.4. The predicted molar refractivity (Wildman–Crippen MR) is 140 cm³/mol. The van der Waals surface area contributed by atoms with Gasteiger partial charge in [0.05, 0.1) is 25.3 Å². The van der Waals surface area contributed by atoms with Crippen LogP contribution in [0.5, 0.6) is 11.5 Å². The summed E-state index contributed by atoms with van der Waals surface area (Å²) in [7, 11) is 2.80. The molecule has 0 fully saturated rings. The fourth-order valence-corrected chi connectivity index (χ4v) is 3.68. The number of benzene rings is 3. The molecule has 2 atom stereocenters. The molecule has 0 aliphatic carbocycles. The third kappa shape index (κ3) is 7.43. The van der Waals surface area contributed by atoms with Gasteiger partial charge in [0.1, 0.15) is 11.5 Å². The first kappa shape index (κ1) is 27.5. The van der Waals surface area contributed by atoms with Gasteiger partial charge in [0.2, 0.25) is 12.2 Å². The average molecular weight is 619 g/mol. The molecule has 0 aliphatic heterocycles. The van der Waals surface area contributed by atoms with Gasteiger partial charge in [0.25, 0.3) is 5.91 Å². The molecular formula is C26H22INO9. The summed E-state index contributed by atoms with van der Waals surface area (Å²) >= 11 is 2.03. The predicted octanol–water partition coefficient (Wildman–Crippen LogP) is 3.78. The smallest absolute Gasteiger partial charge is 0.349 e. The quantitative estimate of drug-likeness (QED) is 0.257. The molecule has 0 saturated carbocycles. The number of anilines is 1. The summed E-state index contributed by atoms with van der Waals surface area (Å²) in [6.07, 6.45) is -4.21. The Balaban J connectivity index is 1.93. The number of esters is 2. The van der Waals surface area contributed by atoms with E-state index in [0.29, 0.717) is 17.2 Å². The average Bonchev–Trinajstić information content (AvgIpc) is 2.90. The Morgan fingerprint density at radius 1 is 0.757 bits per heavy atom. The Morgan fingerprint density at radius 3 is 1.76 bits per heavy atom. The second-order valence-corrected chi connectivity index (χ2v) is 8.70. The number of rotatable bonds is 10. The lowest BCUT2D eigenvalue weighted by Gasteiger charge is -2.23. The summed E-state index contributed by atoms with van der Waals surface area (Å²) in [5.41, 5.74) is 0.291. The molecule has 0 heterocycles. The van der Waals surface area contributed by atoms with Gasteiger partial charge >= 0.3 is 17.9 Å². The molecule has 0 bridgehead atoms. The van der Waals surface area contributed by atoms with Crippen LogP contribution in [-0.4, -0.2) is 55.3 Å². The summed E-state index contributed by atoms with van der Waals surface area (Å²) in [6, 6.07) is 18.3. The second-order valence-electron chi connectivity index (χ2n) is 7.45. The highest BCUT2D eigenvalue weighted by Crippen LogP contribution is 2.20. The standard InChI is InChI=1S/C26H22INO9/c1-34-19-10-3-6-15(12-19)25(32)36-21(23(29)28-18-9-5-8-17(27)14-18)22(24(30)31)37-26(33)16-7-4-11-20(13-16)35-2/h3-14,21-22H,1-2H3,(H,28,29)(H,30,31)/t21-,22-/m1/s1. The largest absolute Gasteiger partial charge is 0.497 e. The maximum absolute atomic E-state index is 13.2. The molecular weight excluding hydrogens is 597 g/mol. The van der Waals surface area contributed by atoms with Gasteiger partial charge in [-0.1, -0.05) is 18.2 Å². The normalized spacial score (nSPS) is 12.0. The van der Waals surface area contributed by atoms with Crippen molar-refractivity contribution in [1.82, 2.24) is 0 Å². The molecule has 2 N–H and O–H groups in total. The highest BCUT2D eigenvalue weighted by Gasteiger charge is 2.41. The van der Waals surface area contributed by atoms with Gasteiger partial charge in [0.15, 0.2) is 0 Å². The molecule has 3 aromatic rings. The summed E-state index contributed by atoms with van der Waals surface area (Å²) in [5, 5.41) is 12.4. The van der Waals surface area contributed by atoms with E-state index in [0.717, 1.165) is 3.57 Å². The number of methoxy groups -OCH3 is 2. The van der Waals surface area contributed by atoms with E-state index in [1.54, 1.807) is 36.4 Å². The van der Waals surface area contributed by atoms with Crippen molar-refractivity contribution in [3.05, 3.63) is 87.5 Å². The van der Waals surface area contributed by atoms with E-state index in [1.165, 1.54) is 50.6 Å². The zero-order chi connectivity index (χ0) is 26.9. The zero-order valence-corrected chi connectivity index (χ0v) is 21.8. The lowest BCUT2D eigenvalue weighted by Crippen LogP contribution is -2.48. The van der Waals surface area contributed by atoms with Crippen LogP contribution in [0.2, 0.25) is 0 Å². The van der Waals surface area contributed by atoms with Gasteiger partial charge in [-0.15, -0.1) is 0 Å². The summed E-state index contributed by atoms with van der Waals surface area (Å²) in [5.74, 6) is -4.12. The molecule has 0 aromatic heterocycles. The molecule has 1 amide bonds. The van der Waals surface area contributed by atoms with E-state index in [2.05, 4.69) is 5.32 Å². The highest BCUT2D eigenvalue weighted by molar-refractivity contribution is 14.1. The number of hydrogen-bond acceptors (Lipinski definition) is 8. The number of nitrogens with one attached hydrogen (secondary N) is 1. The number of carbonyl (C=O) groups is 4. The van der Waals surface area contributed by atoms with E-state index in [-0.39, 0.29) is 11.1 Å². The van der Waals surface area contributed by atoms with Crippen LogP contribution in [0, 0.1) is 3.57 Å². The Kier molecular flexibility index (Phi) is 9.44. The highest BCUT2D eigenvalue weighted by atomic mass is 127. The number of halogens is 1. The monoisotopic (exact) mass is 619 g/mol. The van der Waals surface area contributed by atoms with Crippen molar-refractivity contribution in [2.24, 2.45) is 0 Å². The van der Waals surface area contributed by atoms with Gasteiger partial charge in [-0.05, 0) is 77.2 Å². The van der Waals surface area contributed by atoms with E-state index >= 15 is 0 Å². The van der Waals surface area contributed by atoms with Crippen molar-refractivity contribution in [3.8, 4) is 11.5 Å². The van der Waals surface area contributed by atoms with Crippen molar-refractivity contribution < 1.29 is 43.2 Å². The van der Waals surface area contributed by atoms with Gasteiger partial charge < -0.3 is 29.4 Å². The minimum absolute atomic E-state index is 0.00493. The number of carboxylic acid groups (broad SMARTS) is 1. The van der Waals surface area contributed by atoms with Gasteiger partial charge in [-0.2, -0.15) is 0 Å². The van der Waals surface area contributed by atoms with Crippen molar-refractivity contribution in [3.63, 3.8) is 0 Å². The van der Waals surface area contributed by atoms with Crippen LogP contribution in [-0.2, 0) is 19.1 Å². The summed E-state index contributed by atoms with van der Waals surface area (Å²) in [6.45, 7) is 0. The third-order valence-electron chi connectivity index (χ3n) is 4.95. The number of carboxylic acids is 1. The minimum atomic E-state index is -2.17. The lowest BCUT2D eigenvalue weighted by atomic mass is 10.1. The molecule has 0 radical (unpaired) electrons. The van der Waals surface area contributed by atoms with Gasteiger partial charge in [-0.25, -0.2) is 14.4 Å². The number of ether oxygens (including phenoxy) is 4. The van der Waals surface area contributed by atoms with Crippen LogP contribution in [0.3, 0.4) is 0 Å². The van der Waals surface area contributed by atoms with E-state index in [4.69, 9.17) is 18.9 Å². The number of carbonyl (C=O) groups excluding carboxylic acids is 3.